The minimum absolute atomic E-state index is 0.0496. The Hall–Kier alpha value is -4.66. The Balaban J connectivity index is 1.87. The third-order valence-corrected chi connectivity index (χ3v) is 5.77. The summed E-state index contributed by atoms with van der Waals surface area (Å²) in [6.07, 6.45) is -0.236. The molecular formula is C29H30N2O7. The molecular weight excluding hydrogens is 488 g/mol. The van der Waals surface area contributed by atoms with Gasteiger partial charge in [-0.25, -0.2) is 9.59 Å². The van der Waals surface area contributed by atoms with Crippen molar-refractivity contribution in [3.8, 4) is 5.75 Å². The van der Waals surface area contributed by atoms with Gasteiger partial charge in [0.1, 0.15) is 11.8 Å². The second kappa shape index (κ2) is 13.6. The van der Waals surface area contributed by atoms with E-state index in [0.29, 0.717) is 17.7 Å². The van der Waals surface area contributed by atoms with E-state index in [1.54, 1.807) is 47.4 Å². The molecule has 1 atom stereocenters. The summed E-state index contributed by atoms with van der Waals surface area (Å²) in [5.74, 6) is -3.86. The number of carboxylic acid groups (broad SMARTS) is 2. The number of nitrogens with zero attached hydrogens (tertiary/aromatic N) is 1. The molecule has 3 aromatic rings. The molecule has 0 saturated heterocycles. The highest BCUT2D eigenvalue weighted by Crippen LogP contribution is 2.20. The lowest BCUT2D eigenvalue weighted by molar-refractivity contribution is -0.159. The molecule has 3 N–H and O–H groups in total. The molecule has 9 heteroatoms. The molecule has 0 saturated carbocycles. The van der Waals surface area contributed by atoms with Crippen LogP contribution < -0.4 is 15.0 Å². The number of rotatable bonds is 13. The first-order valence-electron chi connectivity index (χ1n) is 12.2. The Bertz CT molecular complexity index is 1220. The number of para-hydroxylation sites is 1. The predicted octanol–water partition coefficient (Wildman–Crippen LogP) is 3.78. The summed E-state index contributed by atoms with van der Waals surface area (Å²) in [7, 11) is 0. The normalized spacial score (nSPS) is 11.4. The van der Waals surface area contributed by atoms with Crippen LogP contribution in [0, 0.1) is 0 Å². The Morgan fingerprint density at radius 2 is 1.42 bits per heavy atom. The third kappa shape index (κ3) is 7.67. The van der Waals surface area contributed by atoms with Crippen LogP contribution in [0.2, 0.25) is 0 Å². The van der Waals surface area contributed by atoms with Gasteiger partial charge in [-0.15, -0.1) is 0 Å². The van der Waals surface area contributed by atoms with Gasteiger partial charge in [0, 0.05) is 24.2 Å². The van der Waals surface area contributed by atoms with Crippen molar-refractivity contribution in [1.29, 1.82) is 0 Å². The summed E-state index contributed by atoms with van der Waals surface area (Å²) in [5.41, 5.74) is 1.80. The number of carboxylic acids is 2. The molecule has 3 rings (SSSR count). The van der Waals surface area contributed by atoms with Crippen molar-refractivity contribution >= 4 is 29.4 Å². The number of nitrogens with one attached hydrogen (secondary N) is 1. The highest BCUT2D eigenvalue weighted by molar-refractivity contribution is 6.02. The van der Waals surface area contributed by atoms with Crippen LogP contribution >= 0.6 is 0 Å². The Morgan fingerprint density at radius 3 is 1.97 bits per heavy atom. The van der Waals surface area contributed by atoms with Crippen LogP contribution in [0.25, 0.3) is 0 Å². The number of carbonyl (C=O) groups excluding carboxylic acids is 2. The third-order valence-electron chi connectivity index (χ3n) is 5.77. The number of ether oxygens (including phenoxy) is 1. The predicted molar refractivity (Wildman–Crippen MR) is 141 cm³/mol. The highest BCUT2D eigenvalue weighted by Gasteiger charge is 2.29. The Morgan fingerprint density at radius 1 is 0.842 bits per heavy atom. The maximum atomic E-state index is 13.8. The van der Waals surface area contributed by atoms with Crippen LogP contribution in [0.15, 0.2) is 84.9 Å². The fraction of sp³-hybridized carbons (Fsp3) is 0.241. The summed E-state index contributed by atoms with van der Waals surface area (Å²) in [4.78, 5) is 50.8. The van der Waals surface area contributed by atoms with Crippen molar-refractivity contribution in [2.24, 2.45) is 0 Å². The molecule has 9 nitrogen and oxygen atoms in total. The van der Waals surface area contributed by atoms with E-state index in [4.69, 9.17) is 14.9 Å². The fourth-order valence-electron chi connectivity index (χ4n) is 3.79. The Labute approximate surface area is 220 Å². The van der Waals surface area contributed by atoms with E-state index in [2.05, 4.69) is 5.32 Å². The number of aliphatic carboxylic acids is 2. The van der Waals surface area contributed by atoms with Gasteiger partial charge in [-0.1, -0.05) is 61.9 Å². The maximum absolute atomic E-state index is 13.8. The SMILES string of the molecule is CCCCN(C(=O)C(Cc1ccc(OC(C(=O)O)C(=O)O)cc1)NC(=O)c1ccccc1)c1ccccc1. The number of amides is 2. The molecule has 0 aliphatic heterocycles. The van der Waals surface area contributed by atoms with Crippen molar-refractivity contribution < 1.29 is 34.1 Å². The molecule has 0 bridgehead atoms. The number of carbonyl (C=O) groups is 4. The van der Waals surface area contributed by atoms with Gasteiger partial charge < -0.3 is 25.2 Å². The summed E-state index contributed by atoms with van der Waals surface area (Å²) < 4.78 is 5.06. The zero-order valence-corrected chi connectivity index (χ0v) is 20.9. The Kier molecular flexibility index (Phi) is 9.99. The van der Waals surface area contributed by atoms with E-state index in [0.717, 1.165) is 18.5 Å². The lowest BCUT2D eigenvalue weighted by Crippen LogP contribution is -2.50. The van der Waals surface area contributed by atoms with E-state index in [-0.39, 0.29) is 18.1 Å². The average molecular weight is 519 g/mol. The number of unbranched alkanes of at least 4 members (excludes halogenated alkanes) is 1. The molecule has 0 radical (unpaired) electrons. The lowest BCUT2D eigenvalue weighted by atomic mass is 10.0. The first kappa shape index (κ1) is 27.9. The van der Waals surface area contributed by atoms with Crippen molar-refractivity contribution in [1.82, 2.24) is 5.32 Å². The van der Waals surface area contributed by atoms with E-state index in [1.807, 2.05) is 37.3 Å². The van der Waals surface area contributed by atoms with E-state index < -0.39 is 30.0 Å². The van der Waals surface area contributed by atoms with Crippen molar-refractivity contribution in [3.05, 3.63) is 96.1 Å². The van der Waals surface area contributed by atoms with E-state index in [1.165, 1.54) is 12.1 Å². The molecule has 3 aromatic carbocycles. The largest absolute Gasteiger partial charge is 0.478 e. The topological polar surface area (TPSA) is 133 Å². The number of hydrogen-bond acceptors (Lipinski definition) is 5. The first-order chi connectivity index (χ1) is 18.3. The van der Waals surface area contributed by atoms with Crippen LogP contribution in [-0.2, 0) is 20.8 Å². The molecule has 0 fully saturated rings. The van der Waals surface area contributed by atoms with Gasteiger partial charge in [-0.3, -0.25) is 9.59 Å². The number of anilines is 1. The van der Waals surface area contributed by atoms with Gasteiger partial charge in [0.25, 0.3) is 12.0 Å². The molecule has 0 aliphatic rings. The monoisotopic (exact) mass is 518 g/mol. The minimum Gasteiger partial charge on any atom is -0.478 e. The molecule has 38 heavy (non-hydrogen) atoms. The van der Waals surface area contributed by atoms with Gasteiger partial charge in [0.05, 0.1) is 0 Å². The first-order valence-corrected chi connectivity index (χ1v) is 12.2. The van der Waals surface area contributed by atoms with Gasteiger partial charge in [0.2, 0.25) is 5.91 Å². The molecule has 0 heterocycles. The average Bonchev–Trinajstić information content (AvgIpc) is 2.93. The molecule has 0 aliphatic carbocycles. The zero-order valence-electron chi connectivity index (χ0n) is 20.9. The number of benzene rings is 3. The second-order valence-electron chi connectivity index (χ2n) is 8.59. The quantitative estimate of drug-likeness (QED) is 0.293. The number of hydrogen-bond donors (Lipinski definition) is 3. The van der Waals surface area contributed by atoms with E-state index in [9.17, 15) is 19.2 Å². The summed E-state index contributed by atoms with van der Waals surface area (Å²) in [6, 6.07) is 23.0. The van der Waals surface area contributed by atoms with Crippen molar-refractivity contribution in [2.45, 2.75) is 38.3 Å². The highest BCUT2D eigenvalue weighted by atomic mass is 16.5. The van der Waals surface area contributed by atoms with Crippen LogP contribution in [0.4, 0.5) is 5.69 Å². The van der Waals surface area contributed by atoms with Gasteiger partial charge in [-0.2, -0.15) is 0 Å². The second-order valence-corrected chi connectivity index (χ2v) is 8.59. The standard InChI is InChI=1S/C29H30N2O7/c1-2-3-18-31(22-12-8-5-9-13-22)27(33)24(30-26(32)21-10-6-4-7-11-21)19-20-14-16-23(17-15-20)38-25(28(34)35)29(36)37/h4-17,24-25H,2-3,18-19H2,1H3,(H,30,32)(H,34,35)(H,36,37). The van der Waals surface area contributed by atoms with Gasteiger partial charge in [0.15, 0.2) is 0 Å². The smallest absolute Gasteiger partial charge is 0.356 e. The zero-order chi connectivity index (χ0) is 27.5. The summed E-state index contributed by atoms with van der Waals surface area (Å²) in [5, 5.41) is 20.9. The molecule has 2 amide bonds. The summed E-state index contributed by atoms with van der Waals surface area (Å²) >= 11 is 0. The van der Waals surface area contributed by atoms with Crippen molar-refractivity contribution in [3.63, 3.8) is 0 Å². The molecule has 1 unspecified atom stereocenters. The fourth-order valence-corrected chi connectivity index (χ4v) is 3.79. The lowest BCUT2D eigenvalue weighted by Gasteiger charge is -2.28. The summed E-state index contributed by atoms with van der Waals surface area (Å²) in [6.45, 7) is 2.51. The molecule has 198 valence electrons. The van der Waals surface area contributed by atoms with Crippen LogP contribution in [0.3, 0.4) is 0 Å². The van der Waals surface area contributed by atoms with Crippen LogP contribution in [-0.4, -0.2) is 52.7 Å². The van der Waals surface area contributed by atoms with Crippen LogP contribution in [0.1, 0.15) is 35.7 Å². The maximum Gasteiger partial charge on any atom is 0.356 e. The molecule has 0 aromatic heterocycles. The van der Waals surface area contributed by atoms with Gasteiger partial charge >= 0.3 is 11.9 Å². The van der Waals surface area contributed by atoms with Crippen LogP contribution in [0.5, 0.6) is 5.75 Å². The van der Waals surface area contributed by atoms with E-state index >= 15 is 0 Å². The minimum atomic E-state index is -2.04. The molecule has 0 spiro atoms. The van der Waals surface area contributed by atoms with Crippen molar-refractivity contribution in [2.75, 3.05) is 11.4 Å². The van der Waals surface area contributed by atoms with Gasteiger partial charge in [-0.05, 0) is 48.4 Å².